The Morgan fingerprint density at radius 1 is 1.03 bits per heavy atom. The van der Waals surface area contributed by atoms with Gasteiger partial charge in [0.1, 0.15) is 19.0 Å². The van der Waals surface area contributed by atoms with Gasteiger partial charge >= 0.3 is 0 Å². The molecule has 0 aromatic heterocycles. The van der Waals surface area contributed by atoms with Crippen LogP contribution in [0.4, 0.5) is 11.4 Å². The van der Waals surface area contributed by atoms with Gasteiger partial charge in [0.05, 0.1) is 6.61 Å². The molecule has 6 heteroatoms. The number of nitrogens with zero attached hydrogens (tertiary/aromatic N) is 2. The summed E-state index contributed by atoms with van der Waals surface area (Å²) in [5, 5.41) is 3.91. The minimum absolute atomic E-state index is 0.0446. The molecular formula is C28H44N3O3+. The predicted octanol–water partition coefficient (Wildman–Crippen LogP) is 5.62. The summed E-state index contributed by atoms with van der Waals surface area (Å²) < 4.78 is 17.7. The van der Waals surface area contributed by atoms with Gasteiger partial charge in [0, 0.05) is 37.0 Å². The van der Waals surface area contributed by atoms with Gasteiger partial charge in [0.25, 0.3) is 0 Å². The van der Waals surface area contributed by atoms with Crippen molar-refractivity contribution in [1.82, 2.24) is 0 Å². The average Bonchev–Trinajstić information content (AvgIpc) is 2.83. The fourth-order valence-electron chi connectivity index (χ4n) is 3.96. The first-order chi connectivity index (χ1) is 16.3. The number of methoxy groups -OCH3 is 1. The van der Waals surface area contributed by atoms with Crippen LogP contribution in [0.25, 0.3) is 0 Å². The molecule has 0 saturated carbocycles. The maximum atomic E-state index is 6.16. The first-order valence-corrected chi connectivity index (χ1v) is 12.4. The van der Waals surface area contributed by atoms with Gasteiger partial charge in [-0.15, -0.1) is 0 Å². The third-order valence-corrected chi connectivity index (χ3v) is 6.45. The molecule has 0 fully saturated rings. The van der Waals surface area contributed by atoms with E-state index < -0.39 is 0 Å². The van der Waals surface area contributed by atoms with E-state index in [9.17, 15) is 0 Å². The highest BCUT2D eigenvalue weighted by molar-refractivity contribution is 5.62. The number of aryl methyl sites for hydroxylation is 1. The van der Waals surface area contributed by atoms with Crippen LogP contribution in [0.1, 0.15) is 65.0 Å². The van der Waals surface area contributed by atoms with Crippen LogP contribution in [0.2, 0.25) is 0 Å². The van der Waals surface area contributed by atoms with Gasteiger partial charge in [-0.05, 0) is 55.4 Å². The fraction of sp³-hybridized carbons (Fsp3) is 0.571. The molecule has 1 atom stereocenters. The van der Waals surface area contributed by atoms with E-state index >= 15 is 0 Å². The molecule has 0 aliphatic carbocycles. The molecule has 0 spiro atoms. The standard InChI is InChI=1S/C28H43N3O3/c1-8-10-15-31(22(4)20-32-7)23-12-13-25(30-29)27(19-23)34-17-16-33-26-14-11-21(3)18-24(26)28(5,6)9-2/h11-14,18-19,22,29H,8-10,15-17,20H2,1-7H3/p+1. The van der Waals surface area contributed by atoms with Crippen LogP contribution in [0.15, 0.2) is 41.5 Å². The van der Waals surface area contributed by atoms with Crippen LogP contribution in [0.3, 0.4) is 0 Å². The molecule has 2 aromatic rings. The summed E-state index contributed by atoms with van der Waals surface area (Å²) in [6.07, 6.45) is 3.27. The summed E-state index contributed by atoms with van der Waals surface area (Å²) in [5.41, 5.74) is 9.85. The Hall–Kier alpha value is -2.60. The van der Waals surface area contributed by atoms with E-state index in [1.807, 2.05) is 18.2 Å². The number of benzene rings is 2. The lowest BCUT2D eigenvalue weighted by Crippen LogP contribution is -2.37. The summed E-state index contributed by atoms with van der Waals surface area (Å²) in [7, 11) is 1.74. The van der Waals surface area contributed by atoms with Crippen molar-refractivity contribution in [1.29, 1.82) is 0 Å². The van der Waals surface area contributed by atoms with Crippen LogP contribution in [0, 0.1) is 6.92 Å². The highest BCUT2D eigenvalue weighted by atomic mass is 16.5. The number of nitrogens with two attached hydrogens (primary N) is 1. The summed E-state index contributed by atoms with van der Waals surface area (Å²) in [4.78, 5) is 2.35. The zero-order valence-corrected chi connectivity index (χ0v) is 22.2. The van der Waals surface area contributed by atoms with Gasteiger partial charge in [0.2, 0.25) is 0 Å². The third kappa shape index (κ3) is 7.45. The molecule has 0 aliphatic rings. The highest BCUT2D eigenvalue weighted by Gasteiger charge is 2.23. The lowest BCUT2D eigenvalue weighted by atomic mass is 9.81. The summed E-state index contributed by atoms with van der Waals surface area (Å²) in [6, 6.07) is 12.6. The van der Waals surface area contributed by atoms with Crippen LogP contribution in [-0.2, 0) is 10.2 Å². The van der Waals surface area contributed by atoms with Crippen LogP contribution >= 0.6 is 0 Å². The Morgan fingerprint density at radius 3 is 2.35 bits per heavy atom. The van der Waals surface area contributed by atoms with Crippen molar-refractivity contribution in [3.63, 3.8) is 0 Å². The second-order valence-electron chi connectivity index (χ2n) is 9.57. The zero-order valence-electron chi connectivity index (χ0n) is 22.2. The molecule has 2 N–H and O–H groups in total. The number of rotatable bonds is 15. The first-order valence-electron chi connectivity index (χ1n) is 12.4. The molecule has 0 aliphatic heterocycles. The van der Waals surface area contributed by atoms with Crippen molar-refractivity contribution in [2.45, 2.75) is 72.3 Å². The monoisotopic (exact) mass is 470 g/mol. The summed E-state index contributed by atoms with van der Waals surface area (Å²) in [5.74, 6) is 1.57. The molecule has 1 unspecified atom stereocenters. The number of hydrogen-bond acceptors (Lipinski definition) is 5. The smallest absolute Gasteiger partial charge is 0.171 e. The van der Waals surface area contributed by atoms with Crippen molar-refractivity contribution in [3.05, 3.63) is 47.5 Å². The van der Waals surface area contributed by atoms with Crippen molar-refractivity contribution >= 4 is 11.4 Å². The number of unbranched alkanes of at least 4 members (excludes halogenated alkanes) is 1. The Bertz CT molecular complexity index is 914. The molecule has 2 aromatic carbocycles. The van der Waals surface area contributed by atoms with Crippen LogP contribution in [0.5, 0.6) is 11.5 Å². The van der Waals surface area contributed by atoms with Gasteiger partial charge in [-0.25, -0.2) is 0 Å². The fourth-order valence-corrected chi connectivity index (χ4v) is 3.96. The van der Waals surface area contributed by atoms with Gasteiger partial charge < -0.3 is 19.1 Å². The first kappa shape index (κ1) is 27.6. The average molecular weight is 471 g/mol. The summed E-state index contributed by atoms with van der Waals surface area (Å²) in [6.45, 7) is 15.6. The number of hydrogen-bond donors (Lipinski definition) is 1. The normalized spacial score (nSPS) is 12.3. The second-order valence-corrected chi connectivity index (χ2v) is 9.57. The van der Waals surface area contributed by atoms with E-state index in [4.69, 9.17) is 19.7 Å². The highest BCUT2D eigenvalue weighted by Crippen LogP contribution is 2.35. The van der Waals surface area contributed by atoms with Crippen LogP contribution < -0.4 is 19.9 Å². The van der Waals surface area contributed by atoms with E-state index in [2.05, 4.69) is 69.8 Å². The lowest BCUT2D eigenvalue weighted by molar-refractivity contribution is -0.210. The maximum Gasteiger partial charge on any atom is 0.171 e. The Morgan fingerprint density at radius 2 is 1.74 bits per heavy atom. The molecule has 0 heterocycles. The van der Waals surface area contributed by atoms with Gasteiger partial charge in [0.15, 0.2) is 11.4 Å². The molecular weight excluding hydrogens is 426 g/mol. The number of anilines is 1. The predicted molar refractivity (Wildman–Crippen MR) is 140 cm³/mol. The van der Waals surface area contributed by atoms with E-state index in [0.29, 0.717) is 31.3 Å². The topological polar surface area (TPSA) is 68.9 Å². The Kier molecular flexibility index (Phi) is 10.8. The van der Waals surface area contributed by atoms with E-state index in [1.165, 1.54) is 11.1 Å². The quantitative estimate of drug-likeness (QED) is 0.271. The van der Waals surface area contributed by atoms with Gasteiger partial charge in [-0.3, -0.25) is 0 Å². The van der Waals surface area contributed by atoms with Crippen molar-refractivity contribution in [2.75, 3.05) is 38.4 Å². The third-order valence-electron chi connectivity index (χ3n) is 6.45. The molecule has 0 saturated heterocycles. The van der Waals surface area contributed by atoms with Gasteiger partial charge in [-0.2, -0.15) is 5.53 Å². The van der Waals surface area contributed by atoms with Gasteiger partial charge in [-0.1, -0.05) is 51.8 Å². The Balaban J connectivity index is 2.13. The Labute approximate surface area is 206 Å². The summed E-state index contributed by atoms with van der Waals surface area (Å²) >= 11 is 0. The molecule has 0 bridgehead atoms. The largest absolute Gasteiger partial charge is 0.490 e. The minimum Gasteiger partial charge on any atom is -0.490 e. The molecule has 6 nitrogen and oxygen atoms in total. The molecule has 0 radical (unpaired) electrons. The molecule has 0 amide bonds. The molecule has 188 valence electrons. The zero-order chi connectivity index (χ0) is 25.1. The second kappa shape index (κ2) is 13.3. The van der Waals surface area contributed by atoms with Crippen molar-refractivity contribution in [3.8, 4) is 11.5 Å². The van der Waals surface area contributed by atoms with Crippen molar-refractivity contribution < 1.29 is 19.7 Å². The van der Waals surface area contributed by atoms with E-state index in [1.54, 1.807) is 7.11 Å². The number of ether oxygens (including phenoxy) is 3. The van der Waals surface area contributed by atoms with E-state index in [-0.39, 0.29) is 11.5 Å². The SMILES string of the molecule is CCCCN(c1ccc(N=[NH2+])c(OCCOc2ccc(C)cc2C(C)(C)CC)c1)C(C)COC. The molecule has 2 rings (SSSR count). The van der Waals surface area contributed by atoms with Crippen molar-refractivity contribution in [2.24, 2.45) is 5.11 Å². The minimum atomic E-state index is 0.0446. The maximum absolute atomic E-state index is 6.16. The molecule has 34 heavy (non-hydrogen) atoms. The van der Waals surface area contributed by atoms with E-state index in [0.717, 1.165) is 37.2 Å². The lowest BCUT2D eigenvalue weighted by Gasteiger charge is -2.31. The van der Waals surface area contributed by atoms with Crippen LogP contribution in [-0.4, -0.2) is 39.5 Å².